The van der Waals surface area contributed by atoms with Crippen LogP contribution >= 0.6 is 34.8 Å². The second kappa shape index (κ2) is 7.86. The summed E-state index contributed by atoms with van der Waals surface area (Å²) in [6, 6.07) is 7.45. The molecule has 0 amide bonds. The number of aromatic nitrogens is 2. The molecule has 0 bridgehead atoms. The molecule has 1 aliphatic heterocycles. The summed E-state index contributed by atoms with van der Waals surface area (Å²) in [5, 5.41) is 16.1. The van der Waals surface area contributed by atoms with Crippen LogP contribution in [0.25, 0.3) is 10.9 Å². The maximum absolute atomic E-state index is 10.0. The number of fused-ring (bicyclic) bond motifs is 3. The number of nitrogens with zero attached hydrogens (tertiary/aromatic N) is 2. The highest BCUT2D eigenvalue weighted by Gasteiger charge is 2.29. The predicted octanol–water partition coefficient (Wildman–Crippen LogP) is 4.53. The Balaban J connectivity index is 1.49. The van der Waals surface area contributed by atoms with E-state index >= 15 is 0 Å². The van der Waals surface area contributed by atoms with Crippen molar-refractivity contribution in [3.8, 4) is 0 Å². The summed E-state index contributed by atoms with van der Waals surface area (Å²) in [7, 11) is 0. The van der Waals surface area contributed by atoms with Crippen molar-refractivity contribution in [2.75, 3.05) is 31.6 Å². The minimum atomic E-state index is -0.0737. The number of hydrogen-bond acceptors (Lipinski definition) is 4. The van der Waals surface area contributed by atoms with Crippen LogP contribution in [0.5, 0.6) is 0 Å². The van der Waals surface area contributed by atoms with Crippen LogP contribution in [-0.2, 0) is 6.42 Å². The molecule has 0 radical (unpaired) electrons. The molecule has 1 aromatic carbocycles. The minimum Gasteiger partial charge on any atom is -0.394 e. The smallest absolute Gasteiger partial charge is 0.144 e. The molecule has 0 saturated carbocycles. The monoisotopic (exact) mass is 424 g/mol. The number of nitrogens with one attached hydrogen (secondary N) is 2. The molecule has 1 atom stereocenters. The van der Waals surface area contributed by atoms with Crippen molar-refractivity contribution < 1.29 is 5.11 Å². The standard InChI is InChI=1S/C19H19Cl3N4O/c20-11-1-2-16-14(7-11)13-3-5-26(17(10-27)18(13)25-16)6-4-23-19-15(22)8-12(21)9-24-19/h1-2,7-9,17,25,27H,3-6,10H2,(H,23,24). The number of hydrogen-bond donors (Lipinski definition) is 3. The Kier molecular flexibility index (Phi) is 5.48. The second-order valence-corrected chi connectivity index (χ2v) is 7.88. The van der Waals surface area contributed by atoms with E-state index in [2.05, 4.69) is 20.2 Å². The van der Waals surface area contributed by atoms with Gasteiger partial charge in [-0.15, -0.1) is 0 Å². The van der Waals surface area contributed by atoms with E-state index in [1.54, 1.807) is 12.3 Å². The van der Waals surface area contributed by atoms with Crippen LogP contribution < -0.4 is 5.32 Å². The van der Waals surface area contributed by atoms with Gasteiger partial charge < -0.3 is 15.4 Å². The number of aliphatic hydroxyl groups is 1. The first-order valence-electron chi connectivity index (χ1n) is 8.76. The van der Waals surface area contributed by atoms with Gasteiger partial charge in [-0.1, -0.05) is 34.8 Å². The Bertz CT molecular complexity index is 975. The van der Waals surface area contributed by atoms with Gasteiger partial charge in [-0.05, 0) is 36.2 Å². The molecule has 3 heterocycles. The molecule has 0 fully saturated rings. The third-order valence-electron chi connectivity index (χ3n) is 5.00. The van der Waals surface area contributed by atoms with Crippen molar-refractivity contribution in [2.24, 2.45) is 0 Å². The first-order valence-corrected chi connectivity index (χ1v) is 9.90. The third kappa shape index (κ3) is 3.75. The SMILES string of the molecule is OCC1c2[nH]c3ccc(Cl)cc3c2CCN1CCNc1ncc(Cl)cc1Cl. The van der Waals surface area contributed by atoms with Crippen LogP contribution in [0.4, 0.5) is 5.82 Å². The lowest BCUT2D eigenvalue weighted by Crippen LogP contribution is -2.40. The van der Waals surface area contributed by atoms with Crippen molar-refractivity contribution in [1.29, 1.82) is 0 Å². The Morgan fingerprint density at radius 1 is 1.22 bits per heavy atom. The van der Waals surface area contributed by atoms with E-state index in [0.29, 0.717) is 22.4 Å². The van der Waals surface area contributed by atoms with E-state index in [-0.39, 0.29) is 12.6 Å². The summed E-state index contributed by atoms with van der Waals surface area (Å²) in [5.74, 6) is 0.611. The zero-order chi connectivity index (χ0) is 19.0. The summed E-state index contributed by atoms with van der Waals surface area (Å²) in [5.41, 5.74) is 3.38. The molecule has 1 aliphatic rings. The number of aromatic amines is 1. The van der Waals surface area contributed by atoms with Gasteiger partial charge in [-0.2, -0.15) is 0 Å². The molecule has 0 aliphatic carbocycles. The zero-order valence-electron chi connectivity index (χ0n) is 14.5. The molecular weight excluding hydrogens is 407 g/mol. The number of halogens is 3. The van der Waals surface area contributed by atoms with E-state index in [0.717, 1.165) is 41.1 Å². The van der Waals surface area contributed by atoms with Gasteiger partial charge in [0.05, 0.1) is 22.7 Å². The van der Waals surface area contributed by atoms with Crippen LogP contribution in [0.1, 0.15) is 17.3 Å². The predicted molar refractivity (Wildman–Crippen MR) is 111 cm³/mol. The largest absolute Gasteiger partial charge is 0.394 e. The highest BCUT2D eigenvalue weighted by Crippen LogP contribution is 2.35. The highest BCUT2D eigenvalue weighted by atomic mass is 35.5. The molecule has 5 nitrogen and oxygen atoms in total. The molecule has 3 N–H and O–H groups in total. The maximum Gasteiger partial charge on any atom is 0.144 e. The van der Waals surface area contributed by atoms with E-state index in [9.17, 15) is 5.11 Å². The van der Waals surface area contributed by atoms with E-state index in [1.165, 1.54) is 5.56 Å². The Hall–Kier alpha value is -1.50. The zero-order valence-corrected chi connectivity index (χ0v) is 16.7. The van der Waals surface area contributed by atoms with E-state index in [1.807, 2.05) is 18.2 Å². The lowest BCUT2D eigenvalue weighted by atomic mass is 9.97. The van der Waals surface area contributed by atoms with Crippen LogP contribution in [0.3, 0.4) is 0 Å². The summed E-state index contributed by atoms with van der Waals surface area (Å²) >= 11 is 18.2. The number of benzene rings is 1. The number of aliphatic hydroxyl groups excluding tert-OH is 1. The fraction of sp³-hybridized carbons (Fsp3) is 0.316. The molecule has 1 unspecified atom stereocenters. The van der Waals surface area contributed by atoms with Crippen LogP contribution in [0.15, 0.2) is 30.5 Å². The molecule has 2 aromatic heterocycles. The van der Waals surface area contributed by atoms with Crippen molar-refractivity contribution >= 4 is 51.5 Å². The fourth-order valence-corrected chi connectivity index (χ4v) is 4.34. The summed E-state index contributed by atoms with van der Waals surface area (Å²) < 4.78 is 0. The van der Waals surface area contributed by atoms with Gasteiger partial charge in [0.15, 0.2) is 0 Å². The average molecular weight is 426 g/mol. The van der Waals surface area contributed by atoms with Gasteiger partial charge in [0.2, 0.25) is 0 Å². The molecular formula is C19H19Cl3N4O. The van der Waals surface area contributed by atoms with Crippen molar-refractivity contribution in [3.05, 3.63) is 56.8 Å². The van der Waals surface area contributed by atoms with Gasteiger partial charge in [0, 0.05) is 47.5 Å². The number of anilines is 1. The summed E-state index contributed by atoms with van der Waals surface area (Å²) in [4.78, 5) is 9.94. The first kappa shape index (κ1) is 18.8. The third-order valence-corrected chi connectivity index (χ3v) is 5.73. The van der Waals surface area contributed by atoms with Gasteiger partial charge in [0.1, 0.15) is 5.82 Å². The van der Waals surface area contributed by atoms with E-state index < -0.39 is 0 Å². The topological polar surface area (TPSA) is 64.2 Å². The van der Waals surface area contributed by atoms with Crippen LogP contribution in [0.2, 0.25) is 15.1 Å². The Morgan fingerprint density at radius 2 is 2.07 bits per heavy atom. The molecule has 3 aromatic rings. The van der Waals surface area contributed by atoms with E-state index in [4.69, 9.17) is 34.8 Å². The number of rotatable bonds is 5. The lowest BCUT2D eigenvalue weighted by molar-refractivity contribution is 0.116. The second-order valence-electron chi connectivity index (χ2n) is 6.60. The average Bonchev–Trinajstić information content (AvgIpc) is 3.01. The number of pyridine rings is 1. The Labute approximate surface area is 172 Å². The van der Waals surface area contributed by atoms with Crippen LogP contribution in [-0.4, -0.2) is 46.2 Å². The molecule has 27 heavy (non-hydrogen) atoms. The number of H-pyrrole nitrogens is 1. The summed E-state index contributed by atoms with van der Waals surface area (Å²) in [6.45, 7) is 2.32. The highest BCUT2D eigenvalue weighted by molar-refractivity contribution is 6.36. The molecule has 4 rings (SSSR count). The molecule has 0 spiro atoms. The molecule has 8 heteroatoms. The fourth-order valence-electron chi connectivity index (χ4n) is 3.73. The van der Waals surface area contributed by atoms with Gasteiger partial charge in [-0.3, -0.25) is 4.90 Å². The van der Waals surface area contributed by atoms with Crippen molar-refractivity contribution in [2.45, 2.75) is 12.5 Å². The molecule has 0 saturated heterocycles. The first-order chi connectivity index (χ1) is 13.1. The summed E-state index contributed by atoms with van der Waals surface area (Å²) in [6.07, 6.45) is 2.47. The van der Waals surface area contributed by atoms with Gasteiger partial charge >= 0.3 is 0 Å². The normalized spacial score (nSPS) is 17.3. The van der Waals surface area contributed by atoms with Crippen LogP contribution in [0, 0.1) is 0 Å². The Morgan fingerprint density at radius 3 is 2.85 bits per heavy atom. The van der Waals surface area contributed by atoms with Crippen molar-refractivity contribution in [1.82, 2.24) is 14.9 Å². The molecule has 142 valence electrons. The van der Waals surface area contributed by atoms with Gasteiger partial charge in [-0.25, -0.2) is 4.98 Å². The van der Waals surface area contributed by atoms with Gasteiger partial charge in [0.25, 0.3) is 0 Å². The maximum atomic E-state index is 10.0. The minimum absolute atomic E-state index is 0.0491. The lowest BCUT2D eigenvalue weighted by Gasteiger charge is -2.34. The quantitative estimate of drug-likeness (QED) is 0.562. The van der Waals surface area contributed by atoms with Crippen molar-refractivity contribution in [3.63, 3.8) is 0 Å².